The van der Waals surface area contributed by atoms with Crippen LogP contribution in [0, 0.1) is 10.1 Å². The molecule has 1 rings (SSSR count). The molecule has 0 aliphatic rings. The van der Waals surface area contributed by atoms with Gasteiger partial charge in [-0.2, -0.15) is 8.42 Å². The number of hydrogen-bond acceptors (Lipinski definition) is 5. The maximum absolute atomic E-state index is 11.3. The Bertz CT molecular complexity index is 628. The van der Waals surface area contributed by atoms with Gasteiger partial charge in [0.2, 0.25) is 5.91 Å². The number of nitrogens with zero attached hydrogens (tertiary/aromatic N) is 1. The van der Waals surface area contributed by atoms with Crippen molar-refractivity contribution in [3.8, 4) is 0 Å². The van der Waals surface area contributed by atoms with Gasteiger partial charge in [0.15, 0.2) is 4.90 Å². The summed E-state index contributed by atoms with van der Waals surface area (Å²) in [7, 11) is -4.72. The number of hydrogen-bond donors (Lipinski definition) is 2. The van der Waals surface area contributed by atoms with Crippen molar-refractivity contribution in [2.75, 3.05) is 5.32 Å². The minimum absolute atomic E-state index is 0.00315. The molecule has 2 N–H and O–H groups in total. The maximum Gasteiger partial charge on any atom is 0.301 e. The lowest BCUT2D eigenvalue weighted by Gasteiger charge is -2.07. The van der Waals surface area contributed by atoms with Crippen molar-refractivity contribution in [2.24, 2.45) is 0 Å². The van der Waals surface area contributed by atoms with Crippen molar-refractivity contribution >= 4 is 39.0 Å². The Morgan fingerprint density at radius 1 is 1.53 bits per heavy atom. The second-order valence-electron chi connectivity index (χ2n) is 3.52. The van der Waals surface area contributed by atoms with E-state index in [4.69, 9.17) is 16.2 Å². The van der Waals surface area contributed by atoms with E-state index in [0.29, 0.717) is 0 Å². The second-order valence-corrected chi connectivity index (χ2v) is 5.56. The number of nitrogens with one attached hydrogen (secondary N) is 1. The zero-order chi connectivity index (χ0) is 14.8. The highest BCUT2D eigenvalue weighted by Crippen LogP contribution is 2.27. The molecular formula is C9H9ClN2O6S. The van der Waals surface area contributed by atoms with Gasteiger partial charge in [0.25, 0.3) is 5.69 Å². The standard InChI is InChI=1S/C9H9ClN2O6S/c1-5(10)9(13)11-6-2-3-8(19(16,17)18)7(4-6)12(14)15/h2-5H,1H3,(H,11,13)(H,16,17,18). The molecule has 0 bridgehead atoms. The zero-order valence-corrected chi connectivity index (χ0v) is 11.1. The molecule has 1 aromatic rings. The number of nitro groups is 1. The van der Waals surface area contributed by atoms with Crippen LogP contribution >= 0.6 is 11.6 Å². The summed E-state index contributed by atoms with van der Waals surface area (Å²) in [6.07, 6.45) is 0. The summed E-state index contributed by atoms with van der Waals surface area (Å²) >= 11 is 5.50. The lowest BCUT2D eigenvalue weighted by atomic mass is 10.2. The molecule has 0 aliphatic heterocycles. The highest BCUT2D eigenvalue weighted by molar-refractivity contribution is 7.86. The highest BCUT2D eigenvalue weighted by Gasteiger charge is 2.24. The first-order chi connectivity index (χ1) is 8.62. The smallest absolute Gasteiger partial charge is 0.301 e. The molecule has 1 atom stereocenters. The van der Waals surface area contributed by atoms with E-state index in [-0.39, 0.29) is 5.69 Å². The molecule has 0 radical (unpaired) electrons. The van der Waals surface area contributed by atoms with E-state index in [1.165, 1.54) is 6.92 Å². The first kappa shape index (κ1) is 15.3. The van der Waals surface area contributed by atoms with Gasteiger partial charge in [-0.25, -0.2) is 0 Å². The number of anilines is 1. The van der Waals surface area contributed by atoms with E-state index in [0.717, 1.165) is 18.2 Å². The molecule has 0 spiro atoms. The van der Waals surface area contributed by atoms with E-state index in [2.05, 4.69) is 5.32 Å². The van der Waals surface area contributed by atoms with Gasteiger partial charge >= 0.3 is 10.1 Å². The van der Waals surface area contributed by atoms with Crippen LogP contribution in [-0.2, 0) is 14.9 Å². The summed E-state index contributed by atoms with van der Waals surface area (Å²) in [5.41, 5.74) is -0.848. The Morgan fingerprint density at radius 2 is 2.11 bits per heavy atom. The fraction of sp³-hybridized carbons (Fsp3) is 0.222. The van der Waals surface area contributed by atoms with E-state index in [9.17, 15) is 23.3 Å². The third kappa shape index (κ3) is 3.88. The summed E-state index contributed by atoms with van der Waals surface area (Å²) in [6.45, 7) is 1.40. The molecule has 0 saturated carbocycles. The molecule has 0 saturated heterocycles. The summed E-state index contributed by atoms with van der Waals surface area (Å²) in [4.78, 5) is 20.2. The topological polar surface area (TPSA) is 127 Å². The molecule has 19 heavy (non-hydrogen) atoms. The van der Waals surface area contributed by atoms with Crippen LogP contribution in [0.25, 0.3) is 0 Å². The average molecular weight is 309 g/mol. The number of carbonyl (C=O) groups is 1. The minimum atomic E-state index is -4.72. The van der Waals surface area contributed by atoms with Crippen molar-refractivity contribution in [1.29, 1.82) is 0 Å². The number of amides is 1. The number of alkyl halides is 1. The third-order valence-electron chi connectivity index (χ3n) is 2.06. The van der Waals surface area contributed by atoms with Crippen molar-refractivity contribution in [1.82, 2.24) is 0 Å². The van der Waals surface area contributed by atoms with E-state index < -0.39 is 36.9 Å². The summed E-state index contributed by atoms with van der Waals surface area (Å²) < 4.78 is 30.7. The lowest BCUT2D eigenvalue weighted by Crippen LogP contribution is -2.20. The molecule has 0 heterocycles. The molecule has 10 heteroatoms. The Hall–Kier alpha value is -1.71. The average Bonchev–Trinajstić information content (AvgIpc) is 2.27. The molecular weight excluding hydrogens is 300 g/mol. The van der Waals surface area contributed by atoms with Gasteiger partial charge in [-0.1, -0.05) is 0 Å². The van der Waals surface area contributed by atoms with Gasteiger partial charge in [0.1, 0.15) is 5.38 Å². The van der Waals surface area contributed by atoms with Gasteiger partial charge in [0.05, 0.1) is 4.92 Å². The van der Waals surface area contributed by atoms with Crippen LogP contribution in [0.15, 0.2) is 23.1 Å². The van der Waals surface area contributed by atoms with Crippen molar-refractivity contribution in [3.05, 3.63) is 28.3 Å². The van der Waals surface area contributed by atoms with Crippen LogP contribution in [0.4, 0.5) is 11.4 Å². The number of rotatable bonds is 4. The van der Waals surface area contributed by atoms with Gasteiger partial charge < -0.3 is 5.32 Å². The van der Waals surface area contributed by atoms with Gasteiger partial charge in [-0.05, 0) is 19.1 Å². The molecule has 1 aromatic carbocycles. The summed E-state index contributed by atoms with van der Waals surface area (Å²) in [5.74, 6) is -0.601. The molecule has 0 aromatic heterocycles. The number of carbonyl (C=O) groups excluding carboxylic acids is 1. The summed E-state index contributed by atoms with van der Waals surface area (Å²) in [6, 6.07) is 2.75. The largest absolute Gasteiger partial charge is 0.325 e. The van der Waals surface area contributed by atoms with Crippen LogP contribution in [0.3, 0.4) is 0 Å². The Balaban J connectivity index is 3.25. The quantitative estimate of drug-likeness (QED) is 0.375. The first-order valence-electron chi connectivity index (χ1n) is 4.84. The van der Waals surface area contributed by atoms with Crippen LogP contribution in [0.1, 0.15) is 6.92 Å². The highest BCUT2D eigenvalue weighted by atomic mass is 35.5. The SMILES string of the molecule is CC(Cl)C(=O)Nc1ccc(S(=O)(=O)O)c([N+](=O)[O-])c1. The fourth-order valence-corrected chi connectivity index (χ4v) is 1.89. The van der Waals surface area contributed by atoms with Gasteiger partial charge in [0, 0.05) is 11.8 Å². The molecule has 0 fully saturated rings. The second kappa shape index (κ2) is 5.51. The third-order valence-corrected chi connectivity index (χ3v) is 3.16. The van der Waals surface area contributed by atoms with Crippen molar-refractivity contribution in [3.63, 3.8) is 0 Å². The normalized spacial score (nSPS) is 12.8. The maximum atomic E-state index is 11.3. The molecule has 1 unspecified atom stereocenters. The fourth-order valence-electron chi connectivity index (χ4n) is 1.20. The van der Waals surface area contributed by atoms with Gasteiger partial charge in [-0.3, -0.25) is 19.5 Å². The van der Waals surface area contributed by atoms with Crippen molar-refractivity contribution < 1.29 is 22.7 Å². The van der Waals surface area contributed by atoms with E-state index >= 15 is 0 Å². The van der Waals surface area contributed by atoms with E-state index in [1.807, 2.05) is 0 Å². The first-order valence-corrected chi connectivity index (χ1v) is 6.71. The van der Waals surface area contributed by atoms with Crippen molar-refractivity contribution in [2.45, 2.75) is 17.2 Å². The van der Waals surface area contributed by atoms with E-state index in [1.54, 1.807) is 0 Å². The number of halogens is 1. The lowest BCUT2D eigenvalue weighted by molar-refractivity contribution is -0.387. The number of nitro benzene ring substituents is 1. The Labute approximate surface area is 113 Å². The van der Waals surface area contributed by atoms with Crippen LogP contribution in [-0.4, -0.2) is 29.2 Å². The summed E-state index contributed by atoms with van der Waals surface area (Å²) in [5, 5.41) is 12.1. The minimum Gasteiger partial charge on any atom is -0.325 e. The number of benzene rings is 1. The zero-order valence-electron chi connectivity index (χ0n) is 9.53. The Morgan fingerprint density at radius 3 is 2.53 bits per heavy atom. The van der Waals surface area contributed by atoms with Gasteiger partial charge in [-0.15, -0.1) is 11.6 Å². The molecule has 104 valence electrons. The Kier molecular flexibility index (Phi) is 4.45. The molecule has 0 aliphatic carbocycles. The molecule has 1 amide bonds. The monoisotopic (exact) mass is 308 g/mol. The molecule has 8 nitrogen and oxygen atoms in total. The predicted octanol–water partition coefficient (Wildman–Crippen LogP) is 1.41. The van der Waals surface area contributed by atoms with Crippen LogP contribution < -0.4 is 5.32 Å². The predicted molar refractivity (Wildman–Crippen MR) is 66.9 cm³/mol. The van der Waals surface area contributed by atoms with Crippen LogP contribution in [0.2, 0.25) is 0 Å². The van der Waals surface area contributed by atoms with Crippen LogP contribution in [0.5, 0.6) is 0 Å².